The van der Waals surface area contributed by atoms with Crippen molar-refractivity contribution in [1.82, 2.24) is 9.88 Å². The Balaban J connectivity index is 1.39. The van der Waals surface area contributed by atoms with E-state index in [2.05, 4.69) is 4.98 Å². The van der Waals surface area contributed by atoms with Gasteiger partial charge in [0.15, 0.2) is 6.61 Å². The Morgan fingerprint density at radius 2 is 1.35 bits per heavy atom. The Bertz CT molecular complexity index is 1110. The number of carbonyl (C=O) groups excluding carboxylic acids is 2. The van der Waals surface area contributed by atoms with Crippen molar-refractivity contribution >= 4 is 22.8 Å². The summed E-state index contributed by atoms with van der Waals surface area (Å²) >= 11 is 0. The Morgan fingerprint density at radius 3 is 2.00 bits per heavy atom. The standard InChI is InChI=1S/C26H24N2O3/c29-25(19-31-26(30)15-22-16-27-24-14-8-7-13-23(22)24)28(17-20-9-3-1-4-10-20)18-21-11-5-2-6-12-21/h1-14,16,27H,15,17-19H2. The van der Waals surface area contributed by atoms with Crippen LogP contribution in [0, 0.1) is 0 Å². The zero-order valence-electron chi connectivity index (χ0n) is 17.2. The molecule has 4 aromatic rings. The van der Waals surface area contributed by atoms with Crippen molar-refractivity contribution in [2.75, 3.05) is 6.61 Å². The van der Waals surface area contributed by atoms with Gasteiger partial charge < -0.3 is 14.6 Å². The van der Waals surface area contributed by atoms with Gasteiger partial charge in [-0.05, 0) is 22.8 Å². The van der Waals surface area contributed by atoms with Crippen molar-refractivity contribution < 1.29 is 14.3 Å². The Morgan fingerprint density at radius 1 is 0.774 bits per heavy atom. The van der Waals surface area contributed by atoms with E-state index < -0.39 is 5.97 Å². The molecule has 0 radical (unpaired) electrons. The number of H-pyrrole nitrogens is 1. The summed E-state index contributed by atoms with van der Waals surface area (Å²) in [5, 5.41) is 0.987. The maximum atomic E-state index is 12.9. The molecule has 0 fully saturated rings. The van der Waals surface area contributed by atoms with Crippen LogP contribution in [0.15, 0.2) is 91.1 Å². The number of nitrogens with one attached hydrogen (secondary N) is 1. The van der Waals surface area contributed by atoms with Crippen LogP contribution in [0.1, 0.15) is 16.7 Å². The lowest BCUT2D eigenvalue weighted by Gasteiger charge is -2.23. The molecule has 4 rings (SSSR count). The molecule has 3 aromatic carbocycles. The number of aromatic nitrogens is 1. The summed E-state index contributed by atoms with van der Waals surface area (Å²) in [5.74, 6) is -0.641. The number of amides is 1. The quantitative estimate of drug-likeness (QED) is 0.434. The van der Waals surface area contributed by atoms with Gasteiger partial charge in [-0.25, -0.2) is 0 Å². The van der Waals surface area contributed by atoms with Gasteiger partial charge in [-0.15, -0.1) is 0 Å². The first-order valence-corrected chi connectivity index (χ1v) is 10.3. The minimum absolute atomic E-state index is 0.120. The molecule has 1 amide bonds. The van der Waals surface area contributed by atoms with Gasteiger partial charge >= 0.3 is 5.97 Å². The highest BCUT2D eigenvalue weighted by Gasteiger charge is 2.18. The van der Waals surface area contributed by atoms with Gasteiger partial charge in [0.25, 0.3) is 5.91 Å². The van der Waals surface area contributed by atoms with Crippen LogP contribution in [0.2, 0.25) is 0 Å². The summed E-state index contributed by atoms with van der Waals surface area (Å²) in [4.78, 5) is 30.2. The normalized spacial score (nSPS) is 10.7. The number of rotatable bonds is 8. The zero-order chi connectivity index (χ0) is 21.5. The highest BCUT2D eigenvalue weighted by atomic mass is 16.5. The van der Waals surface area contributed by atoms with Crippen LogP contribution >= 0.6 is 0 Å². The Labute approximate surface area is 181 Å². The first-order chi connectivity index (χ1) is 15.2. The Kier molecular flexibility index (Phi) is 6.43. The molecule has 0 bridgehead atoms. The molecular weight excluding hydrogens is 388 g/mol. The number of hydrogen-bond donors (Lipinski definition) is 1. The molecule has 0 saturated heterocycles. The number of esters is 1. The third-order valence-electron chi connectivity index (χ3n) is 5.15. The van der Waals surface area contributed by atoms with Gasteiger partial charge in [0.1, 0.15) is 0 Å². The SMILES string of the molecule is O=C(Cc1c[nH]c2ccccc12)OCC(=O)N(Cc1ccccc1)Cc1ccccc1. The first kappa shape index (κ1) is 20.4. The van der Waals surface area contributed by atoms with Crippen LogP contribution in [0.5, 0.6) is 0 Å². The van der Waals surface area contributed by atoms with E-state index in [9.17, 15) is 9.59 Å². The molecule has 5 nitrogen and oxygen atoms in total. The molecule has 156 valence electrons. The number of aromatic amines is 1. The fraction of sp³-hybridized carbons (Fsp3) is 0.154. The van der Waals surface area contributed by atoms with Crippen LogP contribution in [0.3, 0.4) is 0 Å². The fourth-order valence-corrected chi connectivity index (χ4v) is 3.56. The molecule has 0 saturated carbocycles. The minimum Gasteiger partial charge on any atom is -0.455 e. The number of benzene rings is 3. The van der Waals surface area contributed by atoms with Crippen molar-refractivity contribution in [3.63, 3.8) is 0 Å². The van der Waals surface area contributed by atoms with E-state index in [-0.39, 0.29) is 18.9 Å². The van der Waals surface area contributed by atoms with Gasteiger partial charge in [-0.3, -0.25) is 9.59 Å². The zero-order valence-corrected chi connectivity index (χ0v) is 17.2. The van der Waals surface area contributed by atoms with Crippen LogP contribution in [-0.2, 0) is 33.8 Å². The van der Waals surface area contributed by atoms with E-state index in [0.29, 0.717) is 13.1 Å². The Hall–Kier alpha value is -3.86. The fourth-order valence-electron chi connectivity index (χ4n) is 3.56. The monoisotopic (exact) mass is 412 g/mol. The highest BCUT2D eigenvalue weighted by molar-refractivity contribution is 5.88. The molecule has 31 heavy (non-hydrogen) atoms. The lowest BCUT2D eigenvalue weighted by molar-refractivity contribution is -0.152. The number of carbonyl (C=O) groups is 2. The number of para-hydroxylation sites is 1. The first-order valence-electron chi connectivity index (χ1n) is 10.3. The smallest absolute Gasteiger partial charge is 0.310 e. The maximum Gasteiger partial charge on any atom is 0.310 e. The van der Waals surface area contributed by atoms with E-state index >= 15 is 0 Å². The average Bonchev–Trinajstić information content (AvgIpc) is 3.21. The summed E-state index contributed by atoms with van der Waals surface area (Å²) < 4.78 is 5.34. The molecule has 5 heteroatoms. The highest BCUT2D eigenvalue weighted by Crippen LogP contribution is 2.18. The summed E-state index contributed by atoms with van der Waals surface area (Å²) in [6.45, 7) is 0.629. The van der Waals surface area contributed by atoms with Crippen molar-refractivity contribution in [2.45, 2.75) is 19.5 Å². The molecule has 1 heterocycles. The second-order valence-electron chi connectivity index (χ2n) is 7.42. The van der Waals surface area contributed by atoms with Crippen LogP contribution in [-0.4, -0.2) is 28.4 Å². The average molecular weight is 412 g/mol. The third-order valence-corrected chi connectivity index (χ3v) is 5.15. The third kappa shape index (κ3) is 5.39. The molecule has 0 atom stereocenters. The number of ether oxygens (including phenoxy) is 1. The van der Waals surface area contributed by atoms with Crippen LogP contribution in [0.25, 0.3) is 10.9 Å². The van der Waals surface area contributed by atoms with Crippen molar-refractivity contribution in [3.8, 4) is 0 Å². The van der Waals surface area contributed by atoms with E-state index in [1.165, 1.54) is 0 Å². The molecule has 1 aromatic heterocycles. The molecule has 0 aliphatic carbocycles. The van der Waals surface area contributed by atoms with Crippen LogP contribution < -0.4 is 0 Å². The lowest BCUT2D eigenvalue weighted by Crippen LogP contribution is -2.34. The molecule has 0 aliphatic heterocycles. The van der Waals surface area contributed by atoms with Crippen molar-refractivity contribution in [3.05, 3.63) is 108 Å². The number of fused-ring (bicyclic) bond motifs is 1. The summed E-state index contributed by atoms with van der Waals surface area (Å²) in [7, 11) is 0. The predicted molar refractivity (Wildman–Crippen MR) is 120 cm³/mol. The summed E-state index contributed by atoms with van der Waals surface area (Å²) in [5.41, 5.74) is 3.88. The second-order valence-corrected chi connectivity index (χ2v) is 7.42. The summed E-state index contributed by atoms with van der Waals surface area (Å²) in [6.07, 6.45) is 1.93. The second kappa shape index (κ2) is 9.76. The summed E-state index contributed by atoms with van der Waals surface area (Å²) in [6, 6.07) is 27.4. The van der Waals surface area contributed by atoms with E-state index in [0.717, 1.165) is 27.6 Å². The van der Waals surface area contributed by atoms with Crippen molar-refractivity contribution in [2.24, 2.45) is 0 Å². The number of nitrogens with zero attached hydrogens (tertiary/aromatic N) is 1. The van der Waals surface area contributed by atoms with Crippen LogP contribution in [0.4, 0.5) is 0 Å². The minimum atomic E-state index is -0.419. The molecule has 1 N–H and O–H groups in total. The molecule has 0 aliphatic rings. The topological polar surface area (TPSA) is 62.4 Å². The van der Waals surface area contributed by atoms with Gasteiger partial charge in [0, 0.05) is 30.2 Å². The van der Waals surface area contributed by atoms with Gasteiger partial charge in [0.2, 0.25) is 0 Å². The molecular formula is C26H24N2O3. The lowest BCUT2D eigenvalue weighted by atomic mass is 10.1. The van der Waals surface area contributed by atoms with E-state index in [1.54, 1.807) is 4.90 Å². The van der Waals surface area contributed by atoms with E-state index in [1.807, 2.05) is 91.1 Å². The maximum absolute atomic E-state index is 12.9. The molecule has 0 unspecified atom stereocenters. The van der Waals surface area contributed by atoms with Gasteiger partial charge in [0.05, 0.1) is 6.42 Å². The van der Waals surface area contributed by atoms with Gasteiger partial charge in [-0.1, -0.05) is 78.9 Å². The largest absolute Gasteiger partial charge is 0.455 e. The van der Waals surface area contributed by atoms with E-state index in [4.69, 9.17) is 4.74 Å². The predicted octanol–water partition coefficient (Wildman–Crippen LogP) is 4.48. The van der Waals surface area contributed by atoms with Gasteiger partial charge in [-0.2, -0.15) is 0 Å². The molecule has 0 spiro atoms. The van der Waals surface area contributed by atoms with Crippen molar-refractivity contribution in [1.29, 1.82) is 0 Å². The number of hydrogen-bond acceptors (Lipinski definition) is 3.